The van der Waals surface area contributed by atoms with E-state index in [4.69, 9.17) is 9.84 Å². The van der Waals surface area contributed by atoms with E-state index in [9.17, 15) is 0 Å². The van der Waals surface area contributed by atoms with Crippen LogP contribution < -0.4 is 9.64 Å². The monoisotopic (exact) mass is 183 g/mol. The fourth-order valence-electron chi connectivity index (χ4n) is 0.880. The van der Waals surface area contributed by atoms with E-state index >= 15 is 0 Å². The van der Waals surface area contributed by atoms with E-state index in [-0.39, 0.29) is 6.61 Å². The summed E-state index contributed by atoms with van der Waals surface area (Å²) in [6.07, 6.45) is 1.62. The number of likely N-dealkylation sites (N-methyl/N-ethyl adjacent to an activating group) is 1. The van der Waals surface area contributed by atoms with Crippen molar-refractivity contribution in [2.24, 2.45) is 0 Å². The van der Waals surface area contributed by atoms with Crippen LogP contribution in [0.2, 0.25) is 0 Å². The van der Waals surface area contributed by atoms with Gasteiger partial charge in [0.05, 0.1) is 13.7 Å². The average Bonchev–Trinajstić information content (AvgIpc) is 2.18. The predicted molar refractivity (Wildman–Crippen MR) is 48.9 cm³/mol. The van der Waals surface area contributed by atoms with Gasteiger partial charge in [-0.3, -0.25) is 0 Å². The number of nitrogens with zero attached hydrogens (tertiary/aromatic N) is 3. The Bertz CT molecular complexity index is 267. The van der Waals surface area contributed by atoms with Gasteiger partial charge in [0, 0.05) is 25.9 Å². The van der Waals surface area contributed by atoms with Crippen molar-refractivity contribution in [1.29, 1.82) is 0 Å². The average molecular weight is 183 g/mol. The van der Waals surface area contributed by atoms with Gasteiger partial charge in [0.1, 0.15) is 0 Å². The molecule has 0 aliphatic heterocycles. The van der Waals surface area contributed by atoms with E-state index in [1.165, 1.54) is 0 Å². The van der Waals surface area contributed by atoms with Gasteiger partial charge in [-0.05, 0) is 0 Å². The standard InChI is InChI=1S/C8H13N3O2/c1-11(5-6-12)8-9-4-3-7(10-8)13-2/h3-4,12H,5-6H2,1-2H3. The van der Waals surface area contributed by atoms with Crippen LogP contribution in [-0.2, 0) is 0 Å². The highest BCUT2D eigenvalue weighted by Crippen LogP contribution is 2.09. The van der Waals surface area contributed by atoms with Crippen molar-refractivity contribution < 1.29 is 9.84 Å². The Labute approximate surface area is 77.0 Å². The first-order chi connectivity index (χ1) is 6.27. The van der Waals surface area contributed by atoms with Crippen LogP contribution in [0.3, 0.4) is 0 Å². The molecular weight excluding hydrogens is 170 g/mol. The summed E-state index contributed by atoms with van der Waals surface area (Å²) < 4.78 is 4.94. The summed E-state index contributed by atoms with van der Waals surface area (Å²) in [6.45, 7) is 0.588. The van der Waals surface area contributed by atoms with Gasteiger partial charge >= 0.3 is 0 Å². The second kappa shape index (κ2) is 4.61. The van der Waals surface area contributed by atoms with E-state index in [0.29, 0.717) is 18.4 Å². The molecule has 0 spiro atoms. The molecule has 0 saturated carbocycles. The number of rotatable bonds is 4. The zero-order chi connectivity index (χ0) is 9.68. The second-order valence-corrected chi connectivity index (χ2v) is 2.54. The molecule has 1 rings (SSSR count). The lowest BCUT2D eigenvalue weighted by atomic mass is 10.6. The summed E-state index contributed by atoms with van der Waals surface area (Å²) in [6, 6.07) is 1.68. The molecule has 0 aliphatic carbocycles. The van der Waals surface area contributed by atoms with Gasteiger partial charge in [-0.25, -0.2) is 4.98 Å². The van der Waals surface area contributed by atoms with Crippen molar-refractivity contribution in [3.8, 4) is 5.88 Å². The minimum atomic E-state index is 0.0804. The molecule has 5 heteroatoms. The molecule has 0 unspecified atom stereocenters. The maximum absolute atomic E-state index is 8.70. The lowest BCUT2D eigenvalue weighted by molar-refractivity contribution is 0.303. The minimum absolute atomic E-state index is 0.0804. The maximum atomic E-state index is 8.70. The number of hydrogen-bond acceptors (Lipinski definition) is 5. The van der Waals surface area contributed by atoms with Crippen molar-refractivity contribution in [3.63, 3.8) is 0 Å². The Morgan fingerprint density at radius 1 is 1.62 bits per heavy atom. The summed E-state index contributed by atoms with van der Waals surface area (Å²) in [7, 11) is 3.36. The molecule has 0 aromatic carbocycles. The van der Waals surface area contributed by atoms with Crippen molar-refractivity contribution >= 4 is 5.95 Å². The van der Waals surface area contributed by atoms with Crippen molar-refractivity contribution in [2.45, 2.75) is 0 Å². The molecule has 1 aromatic rings. The topological polar surface area (TPSA) is 58.5 Å². The Hall–Kier alpha value is -1.36. The van der Waals surface area contributed by atoms with E-state index < -0.39 is 0 Å². The first-order valence-electron chi connectivity index (χ1n) is 3.97. The molecule has 13 heavy (non-hydrogen) atoms. The van der Waals surface area contributed by atoms with Crippen LogP contribution in [0.25, 0.3) is 0 Å². The molecule has 0 atom stereocenters. The first kappa shape index (κ1) is 9.73. The van der Waals surface area contributed by atoms with Crippen LogP contribution in [0.4, 0.5) is 5.95 Å². The zero-order valence-corrected chi connectivity index (χ0v) is 7.77. The lowest BCUT2D eigenvalue weighted by Gasteiger charge is -2.15. The van der Waals surface area contributed by atoms with Gasteiger partial charge < -0.3 is 14.7 Å². The van der Waals surface area contributed by atoms with Crippen LogP contribution in [0, 0.1) is 0 Å². The molecule has 0 bridgehead atoms. The van der Waals surface area contributed by atoms with E-state index in [1.54, 1.807) is 24.3 Å². The molecule has 0 saturated heterocycles. The molecule has 72 valence electrons. The minimum Gasteiger partial charge on any atom is -0.481 e. The highest BCUT2D eigenvalue weighted by molar-refractivity contribution is 5.30. The Morgan fingerprint density at radius 2 is 2.38 bits per heavy atom. The Balaban J connectivity index is 2.75. The number of aliphatic hydroxyl groups is 1. The van der Waals surface area contributed by atoms with Crippen molar-refractivity contribution in [3.05, 3.63) is 12.3 Å². The summed E-state index contributed by atoms with van der Waals surface area (Å²) in [5.74, 6) is 1.07. The van der Waals surface area contributed by atoms with Crippen LogP contribution in [0.1, 0.15) is 0 Å². The number of hydrogen-bond donors (Lipinski definition) is 1. The Kier molecular flexibility index (Phi) is 3.45. The summed E-state index contributed by atoms with van der Waals surface area (Å²) in [5.41, 5.74) is 0. The van der Waals surface area contributed by atoms with Crippen LogP contribution in [0.15, 0.2) is 12.3 Å². The van der Waals surface area contributed by atoms with Gasteiger partial charge in [0.2, 0.25) is 11.8 Å². The normalized spacial score (nSPS) is 9.77. The van der Waals surface area contributed by atoms with Gasteiger partial charge in [-0.1, -0.05) is 0 Å². The third-order valence-electron chi connectivity index (χ3n) is 1.60. The van der Waals surface area contributed by atoms with E-state index in [2.05, 4.69) is 9.97 Å². The first-order valence-corrected chi connectivity index (χ1v) is 3.97. The largest absolute Gasteiger partial charge is 0.481 e. The molecule has 1 aromatic heterocycles. The number of aromatic nitrogens is 2. The molecular formula is C8H13N3O2. The number of aliphatic hydroxyl groups excluding tert-OH is 1. The predicted octanol–water partition coefficient (Wildman–Crippen LogP) is -0.0863. The highest BCUT2D eigenvalue weighted by Gasteiger charge is 2.03. The third-order valence-corrected chi connectivity index (χ3v) is 1.60. The van der Waals surface area contributed by atoms with Gasteiger partial charge in [0.15, 0.2) is 0 Å². The molecule has 1 N–H and O–H groups in total. The SMILES string of the molecule is COc1ccnc(N(C)CCO)n1. The molecule has 0 fully saturated rings. The molecule has 0 amide bonds. The summed E-state index contributed by atoms with van der Waals surface area (Å²) in [5, 5.41) is 8.70. The smallest absolute Gasteiger partial charge is 0.228 e. The molecule has 0 aliphatic rings. The second-order valence-electron chi connectivity index (χ2n) is 2.54. The maximum Gasteiger partial charge on any atom is 0.228 e. The van der Waals surface area contributed by atoms with Gasteiger partial charge in [-0.2, -0.15) is 4.98 Å². The third kappa shape index (κ3) is 2.55. The fraction of sp³-hybridized carbons (Fsp3) is 0.500. The lowest BCUT2D eigenvalue weighted by Crippen LogP contribution is -2.23. The summed E-state index contributed by atoms with van der Waals surface area (Å²) in [4.78, 5) is 9.87. The number of methoxy groups -OCH3 is 1. The van der Waals surface area contributed by atoms with Gasteiger partial charge in [-0.15, -0.1) is 0 Å². The highest BCUT2D eigenvalue weighted by atomic mass is 16.5. The van der Waals surface area contributed by atoms with E-state index in [0.717, 1.165) is 0 Å². The van der Waals surface area contributed by atoms with Crippen LogP contribution >= 0.6 is 0 Å². The van der Waals surface area contributed by atoms with Crippen LogP contribution in [-0.4, -0.2) is 42.4 Å². The van der Waals surface area contributed by atoms with Crippen LogP contribution in [0.5, 0.6) is 5.88 Å². The molecule has 5 nitrogen and oxygen atoms in total. The Morgan fingerprint density at radius 3 is 3.00 bits per heavy atom. The molecule has 0 radical (unpaired) electrons. The summed E-state index contributed by atoms with van der Waals surface area (Å²) >= 11 is 0. The quantitative estimate of drug-likeness (QED) is 0.707. The van der Waals surface area contributed by atoms with Crippen molar-refractivity contribution in [2.75, 3.05) is 32.2 Å². The molecule has 1 heterocycles. The van der Waals surface area contributed by atoms with E-state index in [1.807, 2.05) is 7.05 Å². The fourth-order valence-corrected chi connectivity index (χ4v) is 0.880. The number of ether oxygens (including phenoxy) is 1. The zero-order valence-electron chi connectivity index (χ0n) is 7.77. The number of anilines is 1. The van der Waals surface area contributed by atoms with Crippen molar-refractivity contribution in [1.82, 2.24) is 9.97 Å². The van der Waals surface area contributed by atoms with Gasteiger partial charge in [0.25, 0.3) is 0 Å².